The lowest BCUT2D eigenvalue weighted by molar-refractivity contribution is -0.148. The summed E-state index contributed by atoms with van der Waals surface area (Å²) in [6.45, 7) is 10.3. The quantitative estimate of drug-likeness (QED) is 0.223. The van der Waals surface area contributed by atoms with E-state index in [1.165, 1.54) is 0 Å². The Morgan fingerprint density at radius 2 is 1.37 bits per heavy atom. The van der Waals surface area contributed by atoms with E-state index in [4.69, 9.17) is 14.2 Å². The summed E-state index contributed by atoms with van der Waals surface area (Å²) in [7, 11) is 0. The van der Waals surface area contributed by atoms with Crippen molar-refractivity contribution in [1.29, 1.82) is 0 Å². The van der Waals surface area contributed by atoms with Gasteiger partial charge in [-0.1, -0.05) is 27.7 Å². The van der Waals surface area contributed by atoms with Crippen molar-refractivity contribution in [2.75, 3.05) is 19.8 Å². The van der Waals surface area contributed by atoms with E-state index in [1.54, 1.807) is 6.92 Å². The third-order valence-corrected chi connectivity index (χ3v) is 1.90. The van der Waals surface area contributed by atoms with Gasteiger partial charge in [-0.25, -0.2) is 9.59 Å². The monoisotopic (exact) mass is 272 g/mol. The first kappa shape index (κ1) is 17.5. The second-order valence-corrected chi connectivity index (χ2v) is 4.97. The lowest BCUT2D eigenvalue weighted by Gasteiger charge is -2.11. The summed E-state index contributed by atoms with van der Waals surface area (Å²) in [6, 6.07) is 0. The van der Waals surface area contributed by atoms with Gasteiger partial charge in [0.25, 0.3) is 0 Å². The second-order valence-electron chi connectivity index (χ2n) is 4.97. The molecule has 0 bridgehead atoms. The maximum atomic E-state index is 11.8. The van der Waals surface area contributed by atoms with E-state index in [1.807, 2.05) is 27.7 Å². The van der Waals surface area contributed by atoms with Gasteiger partial charge < -0.3 is 14.2 Å². The first-order valence-electron chi connectivity index (χ1n) is 6.54. The third kappa shape index (κ3) is 8.24. The van der Waals surface area contributed by atoms with E-state index in [0.29, 0.717) is 6.61 Å². The molecule has 0 unspecified atom stereocenters. The number of ether oxygens (including phenoxy) is 3. The van der Waals surface area contributed by atoms with Gasteiger partial charge in [-0.3, -0.25) is 0 Å². The van der Waals surface area contributed by atoms with Gasteiger partial charge in [-0.2, -0.15) is 0 Å². The molecule has 0 saturated carbocycles. The lowest BCUT2D eigenvalue weighted by atomic mass is 10.2. The molecule has 110 valence electrons. The first-order chi connectivity index (χ1) is 8.88. The van der Waals surface area contributed by atoms with Crippen LogP contribution in [0.15, 0.2) is 11.8 Å². The zero-order chi connectivity index (χ0) is 14.8. The summed E-state index contributed by atoms with van der Waals surface area (Å²) in [5.74, 6) is -1.03. The molecule has 0 fully saturated rings. The van der Waals surface area contributed by atoms with Gasteiger partial charge in [-0.05, 0) is 18.8 Å². The van der Waals surface area contributed by atoms with Crippen molar-refractivity contribution in [3.63, 3.8) is 0 Å². The fourth-order valence-corrected chi connectivity index (χ4v) is 0.986. The van der Waals surface area contributed by atoms with Gasteiger partial charge in [0.1, 0.15) is 6.26 Å². The van der Waals surface area contributed by atoms with Crippen LogP contribution in [0, 0.1) is 11.8 Å². The molecule has 0 atom stereocenters. The zero-order valence-electron chi connectivity index (χ0n) is 12.4. The molecular formula is C14H24O5. The Morgan fingerprint density at radius 1 is 0.947 bits per heavy atom. The van der Waals surface area contributed by atoms with Crippen molar-refractivity contribution in [2.45, 2.75) is 34.6 Å². The Kier molecular flexibility index (Phi) is 8.66. The first-order valence-corrected chi connectivity index (χ1v) is 6.54. The molecule has 0 amide bonds. The Morgan fingerprint density at radius 3 is 1.68 bits per heavy atom. The third-order valence-electron chi connectivity index (χ3n) is 1.90. The zero-order valence-corrected chi connectivity index (χ0v) is 12.4. The summed E-state index contributed by atoms with van der Waals surface area (Å²) < 4.78 is 15.0. The lowest BCUT2D eigenvalue weighted by Crippen LogP contribution is -2.21. The van der Waals surface area contributed by atoms with Crippen LogP contribution < -0.4 is 0 Å². The highest BCUT2D eigenvalue weighted by Gasteiger charge is 2.23. The number of esters is 2. The number of hydrogen-bond acceptors (Lipinski definition) is 5. The minimum absolute atomic E-state index is 0.198. The summed E-state index contributed by atoms with van der Waals surface area (Å²) in [5.41, 5.74) is -0.205. The fraction of sp³-hybridized carbons (Fsp3) is 0.714. The van der Waals surface area contributed by atoms with Crippen LogP contribution in [0.1, 0.15) is 34.6 Å². The maximum absolute atomic E-state index is 11.8. The number of carbonyl (C=O) groups excluding carboxylic acids is 2. The van der Waals surface area contributed by atoms with Gasteiger partial charge in [0.2, 0.25) is 0 Å². The van der Waals surface area contributed by atoms with Gasteiger partial charge in [0.05, 0.1) is 19.8 Å². The van der Waals surface area contributed by atoms with Crippen LogP contribution in [0.2, 0.25) is 0 Å². The van der Waals surface area contributed by atoms with Crippen molar-refractivity contribution in [3.8, 4) is 0 Å². The second kappa shape index (κ2) is 9.42. The normalized spacial score (nSPS) is 10.3. The Bertz CT molecular complexity index is 292. The molecule has 0 aliphatic rings. The average molecular weight is 272 g/mol. The van der Waals surface area contributed by atoms with Crippen LogP contribution >= 0.6 is 0 Å². The van der Waals surface area contributed by atoms with E-state index in [0.717, 1.165) is 6.26 Å². The van der Waals surface area contributed by atoms with Crippen molar-refractivity contribution in [2.24, 2.45) is 11.8 Å². The minimum atomic E-state index is -0.712. The number of carbonyl (C=O) groups is 2. The molecule has 0 aromatic heterocycles. The van der Waals surface area contributed by atoms with E-state index >= 15 is 0 Å². The molecule has 0 saturated heterocycles. The molecule has 0 aliphatic heterocycles. The van der Waals surface area contributed by atoms with Crippen molar-refractivity contribution < 1.29 is 23.8 Å². The minimum Gasteiger partial charge on any atom is -0.500 e. The Balaban J connectivity index is 4.61. The maximum Gasteiger partial charge on any atom is 0.348 e. The molecule has 0 radical (unpaired) electrons. The summed E-state index contributed by atoms with van der Waals surface area (Å²) >= 11 is 0. The fourth-order valence-electron chi connectivity index (χ4n) is 0.986. The highest BCUT2D eigenvalue weighted by molar-refractivity contribution is 6.13. The summed E-state index contributed by atoms with van der Waals surface area (Å²) in [5, 5.41) is 0. The van der Waals surface area contributed by atoms with Crippen LogP contribution in [0.25, 0.3) is 0 Å². The van der Waals surface area contributed by atoms with Crippen LogP contribution in [-0.4, -0.2) is 31.8 Å². The predicted octanol–water partition coefficient (Wildman–Crippen LogP) is 2.31. The van der Waals surface area contributed by atoms with Gasteiger partial charge in [0.15, 0.2) is 5.57 Å². The van der Waals surface area contributed by atoms with E-state index in [2.05, 4.69) is 0 Å². The summed E-state index contributed by atoms with van der Waals surface area (Å²) in [6.07, 6.45) is 1.10. The number of hydrogen-bond donors (Lipinski definition) is 0. The predicted molar refractivity (Wildman–Crippen MR) is 71.3 cm³/mol. The standard InChI is InChI=1S/C14H24O5/c1-6-17-9-12(13(15)18-7-10(2)3)14(16)19-8-11(4)5/h9-11H,6-8H2,1-5H3. The molecule has 0 rings (SSSR count). The van der Waals surface area contributed by atoms with Crippen LogP contribution in [0.3, 0.4) is 0 Å². The van der Waals surface area contributed by atoms with E-state index in [-0.39, 0.29) is 30.6 Å². The van der Waals surface area contributed by atoms with Crippen LogP contribution in [-0.2, 0) is 23.8 Å². The van der Waals surface area contributed by atoms with Crippen molar-refractivity contribution in [3.05, 3.63) is 11.8 Å². The highest BCUT2D eigenvalue weighted by Crippen LogP contribution is 2.06. The molecule has 0 N–H and O–H groups in total. The Hall–Kier alpha value is -1.52. The summed E-state index contributed by atoms with van der Waals surface area (Å²) in [4.78, 5) is 23.5. The molecule has 5 nitrogen and oxygen atoms in total. The van der Waals surface area contributed by atoms with Gasteiger partial charge >= 0.3 is 11.9 Å². The topological polar surface area (TPSA) is 61.8 Å². The Labute approximate surface area is 114 Å². The van der Waals surface area contributed by atoms with Crippen molar-refractivity contribution in [1.82, 2.24) is 0 Å². The SMILES string of the molecule is CCOC=C(C(=O)OCC(C)C)C(=O)OCC(C)C. The largest absolute Gasteiger partial charge is 0.500 e. The van der Waals surface area contributed by atoms with Crippen LogP contribution in [0.4, 0.5) is 0 Å². The molecule has 0 aliphatic carbocycles. The van der Waals surface area contributed by atoms with Gasteiger partial charge in [0, 0.05) is 0 Å². The molecule has 0 spiro atoms. The van der Waals surface area contributed by atoms with Gasteiger partial charge in [-0.15, -0.1) is 0 Å². The van der Waals surface area contributed by atoms with Crippen molar-refractivity contribution >= 4 is 11.9 Å². The highest BCUT2D eigenvalue weighted by atomic mass is 16.6. The molecule has 0 aromatic rings. The molecule has 0 heterocycles. The molecule has 5 heteroatoms. The van der Waals surface area contributed by atoms with E-state index < -0.39 is 11.9 Å². The van der Waals surface area contributed by atoms with Crippen LogP contribution in [0.5, 0.6) is 0 Å². The smallest absolute Gasteiger partial charge is 0.348 e. The molecule has 0 aromatic carbocycles. The number of rotatable bonds is 8. The molecular weight excluding hydrogens is 248 g/mol. The van der Waals surface area contributed by atoms with E-state index in [9.17, 15) is 9.59 Å². The average Bonchev–Trinajstić information content (AvgIpc) is 2.34. The molecule has 19 heavy (non-hydrogen) atoms.